The van der Waals surface area contributed by atoms with E-state index in [1.807, 2.05) is 36.1 Å². The van der Waals surface area contributed by atoms with Crippen LogP contribution in [0.3, 0.4) is 0 Å². The fourth-order valence-corrected chi connectivity index (χ4v) is 5.54. The number of rotatable bonds is 7. The Kier molecular flexibility index (Phi) is 7.28. The Hall–Kier alpha value is -3.64. The molecule has 1 fully saturated rings. The quantitative estimate of drug-likeness (QED) is 0.279. The van der Waals surface area contributed by atoms with Crippen LogP contribution in [0.25, 0.3) is 10.9 Å². The second-order valence-corrected chi connectivity index (χ2v) is 9.99. The van der Waals surface area contributed by atoms with Crippen molar-refractivity contribution >= 4 is 40.0 Å². The van der Waals surface area contributed by atoms with Gasteiger partial charge in [0.1, 0.15) is 11.6 Å². The molecule has 7 heteroatoms. The van der Waals surface area contributed by atoms with Gasteiger partial charge in [0.15, 0.2) is 5.78 Å². The number of hydrogen-bond donors (Lipinski definition) is 1. The maximum absolute atomic E-state index is 14.0. The van der Waals surface area contributed by atoms with Gasteiger partial charge in [-0.25, -0.2) is 4.98 Å². The number of nitrogens with zero attached hydrogens (tertiary/aromatic N) is 2. The van der Waals surface area contributed by atoms with Crippen LogP contribution >= 0.6 is 11.6 Å². The first-order chi connectivity index (χ1) is 18.0. The predicted molar refractivity (Wildman–Crippen MR) is 147 cm³/mol. The number of H-pyrrole nitrogens is 1. The molecular formula is C30H30ClN3O3. The Labute approximate surface area is 221 Å². The Morgan fingerprint density at radius 3 is 2.49 bits per heavy atom. The van der Waals surface area contributed by atoms with Gasteiger partial charge in [-0.2, -0.15) is 0 Å². The second-order valence-electron chi connectivity index (χ2n) is 9.55. The van der Waals surface area contributed by atoms with E-state index in [0.29, 0.717) is 27.7 Å². The van der Waals surface area contributed by atoms with Gasteiger partial charge >= 0.3 is 0 Å². The summed E-state index contributed by atoms with van der Waals surface area (Å²) in [6.07, 6.45) is 7.19. The summed E-state index contributed by atoms with van der Waals surface area (Å²) in [6, 6.07) is 16.3. The predicted octanol–water partition coefficient (Wildman–Crippen LogP) is 6.67. The summed E-state index contributed by atoms with van der Waals surface area (Å²) in [6.45, 7) is 1.94. The number of carbonyl (C=O) groups excluding carboxylic acids is 2. The summed E-state index contributed by atoms with van der Waals surface area (Å²) < 4.78 is 5.63. The number of halogens is 1. The fourth-order valence-electron chi connectivity index (χ4n) is 5.42. The number of aromatic amines is 1. The molecule has 0 atom stereocenters. The lowest BCUT2D eigenvalue weighted by Crippen LogP contribution is -2.43. The molecule has 2 aromatic heterocycles. The number of ketones is 1. The maximum Gasteiger partial charge on any atom is 0.232 e. The topological polar surface area (TPSA) is 75.3 Å². The first-order valence-corrected chi connectivity index (χ1v) is 13.1. The SMILES string of the molecule is COc1ccc2[nH]c(C)c(CC(=O)N(c3ccccn3)C3CCCCC3)c2c1C(=O)c1ccc(Cl)cc1. The Morgan fingerprint density at radius 2 is 1.81 bits per heavy atom. The number of amides is 1. The molecule has 0 spiro atoms. The van der Waals surface area contributed by atoms with Gasteiger partial charge < -0.3 is 9.72 Å². The van der Waals surface area contributed by atoms with E-state index in [-0.39, 0.29) is 24.2 Å². The number of anilines is 1. The van der Waals surface area contributed by atoms with Crippen molar-refractivity contribution in [2.45, 2.75) is 51.5 Å². The summed E-state index contributed by atoms with van der Waals surface area (Å²) in [5, 5.41) is 1.28. The molecule has 0 bridgehead atoms. The van der Waals surface area contributed by atoms with E-state index >= 15 is 0 Å². The number of nitrogens with one attached hydrogen (secondary N) is 1. The van der Waals surface area contributed by atoms with Crippen molar-refractivity contribution < 1.29 is 14.3 Å². The molecule has 1 saturated carbocycles. The number of hydrogen-bond acceptors (Lipinski definition) is 4. The number of methoxy groups -OCH3 is 1. The van der Waals surface area contributed by atoms with Crippen molar-refractivity contribution in [1.29, 1.82) is 0 Å². The number of fused-ring (bicyclic) bond motifs is 1. The van der Waals surface area contributed by atoms with Crippen molar-refractivity contribution in [2.24, 2.45) is 0 Å². The number of benzene rings is 2. The molecule has 1 aliphatic carbocycles. The molecule has 37 heavy (non-hydrogen) atoms. The lowest BCUT2D eigenvalue weighted by atomic mass is 9.92. The largest absolute Gasteiger partial charge is 0.496 e. The molecular weight excluding hydrogens is 486 g/mol. The average molecular weight is 516 g/mol. The summed E-state index contributed by atoms with van der Waals surface area (Å²) in [4.78, 5) is 37.5. The zero-order chi connectivity index (χ0) is 25.9. The van der Waals surface area contributed by atoms with Crippen LogP contribution in [0.2, 0.25) is 5.02 Å². The molecule has 4 aromatic rings. The van der Waals surface area contributed by atoms with Gasteiger partial charge in [-0.15, -0.1) is 0 Å². The highest BCUT2D eigenvalue weighted by atomic mass is 35.5. The van der Waals surface area contributed by atoms with Crippen molar-refractivity contribution in [3.63, 3.8) is 0 Å². The van der Waals surface area contributed by atoms with E-state index in [9.17, 15) is 9.59 Å². The second kappa shape index (κ2) is 10.8. The minimum Gasteiger partial charge on any atom is -0.496 e. The number of aromatic nitrogens is 2. The van der Waals surface area contributed by atoms with Gasteiger partial charge in [-0.1, -0.05) is 36.9 Å². The van der Waals surface area contributed by atoms with E-state index < -0.39 is 0 Å². The van der Waals surface area contributed by atoms with Crippen molar-refractivity contribution in [3.05, 3.63) is 88.2 Å². The van der Waals surface area contributed by atoms with E-state index in [2.05, 4.69) is 9.97 Å². The van der Waals surface area contributed by atoms with E-state index in [1.54, 1.807) is 43.6 Å². The van der Waals surface area contributed by atoms with Gasteiger partial charge in [0.05, 0.1) is 19.1 Å². The Morgan fingerprint density at radius 1 is 1.05 bits per heavy atom. The van der Waals surface area contributed by atoms with E-state index in [4.69, 9.17) is 16.3 Å². The van der Waals surface area contributed by atoms with Gasteiger partial charge in [0, 0.05) is 39.4 Å². The zero-order valence-electron chi connectivity index (χ0n) is 21.1. The molecule has 1 N–H and O–H groups in total. The molecule has 5 rings (SSSR count). The van der Waals surface area contributed by atoms with Crippen LogP contribution in [-0.2, 0) is 11.2 Å². The van der Waals surface area contributed by atoms with Crippen LogP contribution in [0.4, 0.5) is 5.82 Å². The third-order valence-electron chi connectivity index (χ3n) is 7.23. The standard InChI is InChI=1S/C30H30ClN3O3/c1-19-23(18-27(35)34(22-8-4-3-5-9-22)26-10-6-7-17-32-26)28-24(33-19)15-16-25(37-2)29(28)30(36)20-11-13-21(31)14-12-20/h6-7,10-17,22,33H,3-5,8-9,18H2,1-2H3. The van der Waals surface area contributed by atoms with Crippen LogP contribution in [0.5, 0.6) is 5.75 Å². The lowest BCUT2D eigenvalue weighted by molar-refractivity contribution is -0.118. The molecule has 0 saturated heterocycles. The molecule has 2 heterocycles. The summed E-state index contributed by atoms with van der Waals surface area (Å²) in [5.41, 5.74) is 3.39. The Balaban J connectivity index is 1.59. The van der Waals surface area contributed by atoms with Crippen LogP contribution in [0, 0.1) is 6.92 Å². The highest BCUT2D eigenvalue weighted by Gasteiger charge is 2.30. The zero-order valence-corrected chi connectivity index (χ0v) is 21.8. The molecule has 0 radical (unpaired) electrons. The normalized spacial score (nSPS) is 14.0. The number of ether oxygens (including phenoxy) is 1. The van der Waals surface area contributed by atoms with Crippen LogP contribution in [0.1, 0.15) is 59.3 Å². The van der Waals surface area contributed by atoms with Crippen molar-refractivity contribution in [3.8, 4) is 5.75 Å². The van der Waals surface area contributed by atoms with E-state index in [1.165, 1.54) is 6.42 Å². The third-order valence-corrected chi connectivity index (χ3v) is 7.48. The molecule has 1 aliphatic rings. The monoisotopic (exact) mass is 515 g/mol. The molecule has 0 aliphatic heterocycles. The van der Waals surface area contributed by atoms with Gasteiger partial charge in [-0.3, -0.25) is 14.5 Å². The minimum absolute atomic E-state index is 0.0256. The minimum atomic E-state index is -0.180. The van der Waals surface area contributed by atoms with Crippen LogP contribution in [-0.4, -0.2) is 34.8 Å². The summed E-state index contributed by atoms with van der Waals surface area (Å²) in [5.74, 6) is 0.934. The first-order valence-electron chi connectivity index (χ1n) is 12.7. The fraction of sp³-hybridized carbons (Fsp3) is 0.300. The van der Waals surface area contributed by atoms with Gasteiger partial charge in [0.25, 0.3) is 0 Å². The average Bonchev–Trinajstić information content (AvgIpc) is 3.24. The molecule has 190 valence electrons. The summed E-state index contributed by atoms with van der Waals surface area (Å²) >= 11 is 6.06. The molecule has 6 nitrogen and oxygen atoms in total. The number of pyridine rings is 1. The lowest BCUT2D eigenvalue weighted by Gasteiger charge is -2.33. The molecule has 2 aromatic carbocycles. The van der Waals surface area contributed by atoms with Crippen LogP contribution in [0.15, 0.2) is 60.8 Å². The van der Waals surface area contributed by atoms with Crippen molar-refractivity contribution in [1.82, 2.24) is 9.97 Å². The highest BCUT2D eigenvalue weighted by molar-refractivity contribution is 6.30. The third kappa shape index (κ3) is 4.98. The Bertz CT molecular complexity index is 1420. The smallest absolute Gasteiger partial charge is 0.232 e. The molecule has 0 unspecified atom stereocenters. The van der Waals surface area contributed by atoms with Gasteiger partial charge in [0.2, 0.25) is 5.91 Å². The first kappa shape index (κ1) is 25.0. The highest BCUT2D eigenvalue weighted by Crippen LogP contribution is 2.35. The number of aryl methyl sites for hydroxylation is 1. The van der Waals surface area contributed by atoms with Gasteiger partial charge in [-0.05, 0) is 73.9 Å². The van der Waals surface area contributed by atoms with Crippen molar-refractivity contribution in [2.75, 3.05) is 12.0 Å². The van der Waals surface area contributed by atoms with Crippen LogP contribution < -0.4 is 9.64 Å². The molecule has 1 amide bonds. The number of carbonyl (C=O) groups is 2. The maximum atomic E-state index is 14.0. The summed E-state index contributed by atoms with van der Waals surface area (Å²) in [7, 11) is 1.55. The van der Waals surface area contributed by atoms with E-state index in [0.717, 1.165) is 47.8 Å².